The van der Waals surface area contributed by atoms with Crippen LogP contribution >= 0.6 is 23.2 Å². The topological polar surface area (TPSA) is 70.2 Å². The van der Waals surface area contributed by atoms with Crippen LogP contribution in [-0.2, 0) is 6.54 Å². The number of halogens is 2. The minimum absolute atomic E-state index is 0.155. The number of nitrogens with one attached hydrogen (secondary N) is 2. The van der Waals surface area contributed by atoms with Gasteiger partial charge in [0.1, 0.15) is 0 Å². The molecule has 0 radical (unpaired) electrons. The molecule has 8 heteroatoms. The van der Waals surface area contributed by atoms with Crippen molar-refractivity contribution in [3.8, 4) is 11.3 Å². The zero-order valence-corrected chi connectivity index (χ0v) is 23.3. The summed E-state index contributed by atoms with van der Waals surface area (Å²) in [5.41, 5.74) is 6.36. The Morgan fingerprint density at radius 2 is 1.62 bits per heavy atom. The van der Waals surface area contributed by atoms with E-state index in [4.69, 9.17) is 33.2 Å². The second-order valence-corrected chi connectivity index (χ2v) is 10.4. The van der Waals surface area contributed by atoms with Crippen molar-refractivity contribution in [3.63, 3.8) is 0 Å². The fraction of sp³-hybridized carbons (Fsp3) is 0.129. The maximum Gasteiger partial charge on any atom is 0.255 e. The van der Waals surface area contributed by atoms with Crippen LogP contribution in [-0.4, -0.2) is 34.9 Å². The van der Waals surface area contributed by atoms with Crippen LogP contribution in [0.25, 0.3) is 22.2 Å². The van der Waals surface area contributed by atoms with Crippen molar-refractivity contribution in [2.24, 2.45) is 0 Å². The van der Waals surface area contributed by atoms with Gasteiger partial charge in [0.05, 0.1) is 16.2 Å². The summed E-state index contributed by atoms with van der Waals surface area (Å²) in [5.74, 6) is 0.285. The van der Waals surface area contributed by atoms with Gasteiger partial charge in [0, 0.05) is 39.5 Å². The number of benzene rings is 4. The molecule has 5 aromatic rings. The molecule has 2 N–H and O–H groups in total. The minimum Gasteiger partial charge on any atom is -0.324 e. The van der Waals surface area contributed by atoms with Gasteiger partial charge in [0.15, 0.2) is 0 Å². The highest BCUT2D eigenvalue weighted by atomic mass is 35.5. The second-order valence-electron chi connectivity index (χ2n) is 9.54. The van der Waals surface area contributed by atoms with E-state index < -0.39 is 0 Å². The van der Waals surface area contributed by atoms with Crippen LogP contribution in [0.3, 0.4) is 0 Å². The first-order chi connectivity index (χ1) is 18.8. The average molecular weight is 556 g/mol. The predicted molar refractivity (Wildman–Crippen MR) is 161 cm³/mol. The van der Waals surface area contributed by atoms with Gasteiger partial charge in [0.25, 0.3) is 5.91 Å². The van der Waals surface area contributed by atoms with Crippen molar-refractivity contribution in [1.29, 1.82) is 0 Å². The average Bonchev–Trinajstić information content (AvgIpc) is 2.91. The van der Waals surface area contributed by atoms with Gasteiger partial charge in [0.2, 0.25) is 5.95 Å². The van der Waals surface area contributed by atoms with Gasteiger partial charge in [-0.2, -0.15) is 0 Å². The lowest BCUT2D eigenvalue weighted by Gasteiger charge is -2.19. The van der Waals surface area contributed by atoms with Crippen LogP contribution < -0.4 is 10.6 Å². The second kappa shape index (κ2) is 11.4. The number of aromatic nitrogens is 2. The third-order valence-electron chi connectivity index (χ3n) is 6.26. The van der Waals surface area contributed by atoms with E-state index >= 15 is 0 Å². The Morgan fingerprint density at radius 3 is 2.36 bits per heavy atom. The molecule has 0 atom stereocenters. The van der Waals surface area contributed by atoms with Gasteiger partial charge in [-0.25, -0.2) is 9.97 Å². The maximum atomic E-state index is 12.8. The number of amides is 1. The number of rotatable bonds is 7. The van der Waals surface area contributed by atoms with Crippen molar-refractivity contribution in [3.05, 3.63) is 112 Å². The summed E-state index contributed by atoms with van der Waals surface area (Å²) >= 11 is 12.7. The summed E-state index contributed by atoms with van der Waals surface area (Å²) < 4.78 is 0. The number of carbonyl (C=O) groups is 1. The number of anilines is 3. The van der Waals surface area contributed by atoms with Gasteiger partial charge >= 0.3 is 0 Å². The lowest BCUT2D eigenvalue weighted by atomic mass is 10.1. The summed E-state index contributed by atoms with van der Waals surface area (Å²) in [6.45, 7) is 2.60. The third kappa shape index (κ3) is 6.04. The molecule has 0 spiro atoms. The van der Waals surface area contributed by atoms with Crippen LogP contribution in [0.5, 0.6) is 0 Å². The van der Waals surface area contributed by atoms with Crippen molar-refractivity contribution >= 4 is 57.3 Å². The highest BCUT2D eigenvalue weighted by Crippen LogP contribution is 2.35. The Hall–Kier alpha value is -3.97. The number of hydrogen-bond acceptors (Lipinski definition) is 5. The van der Waals surface area contributed by atoms with Crippen molar-refractivity contribution in [2.45, 2.75) is 13.5 Å². The van der Waals surface area contributed by atoms with E-state index in [1.807, 2.05) is 81.7 Å². The van der Waals surface area contributed by atoms with E-state index in [0.29, 0.717) is 33.8 Å². The fourth-order valence-corrected chi connectivity index (χ4v) is 4.90. The zero-order valence-electron chi connectivity index (χ0n) is 21.8. The molecule has 4 aromatic carbocycles. The molecule has 1 aromatic heterocycles. The molecule has 1 heterocycles. The molecule has 0 fully saturated rings. The zero-order chi connectivity index (χ0) is 27.5. The van der Waals surface area contributed by atoms with E-state index in [1.165, 1.54) is 0 Å². The molecule has 0 unspecified atom stereocenters. The molecule has 0 bridgehead atoms. The number of aryl methyl sites for hydroxylation is 1. The van der Waals surface area contributed by atoms with Gasteiger partial charge < -0.3 is 15.5 Å². The van der Waals surface area contributed by atoms with Gasteiger partial charge in [-0.05, 0) is 80.7 Å². The Labute approximate surface area is 237 Å². The van der Waals surface area contributed by atoms with Crippen LogP contribution in [0.4, 0.5) is 17.3 Å². The molecule has 6 nitrogen and oxygen atoms in total. The van der Waals surface area contributed by atoms with Crippen LogP contribution in [0.1, 0.15) is 21.5 Å². The van der Waals surface area contributed by atoms with Gasteiger partial charge in [-0.3, -0.25) is 4.79 Å². The normalized spacial score (nSPS) is 11.1. The van der Waals surface area contributed by atoms with E-state index in [1.54, 1.807) is 24.3 Å². The van der Waals surface area contributed by atoms with Gasteiger partial charge in [-0.15, -0.1) is 0 Å². The van der Waals surface area contributed by atoms with Crippen molar-refractivity contribution in [2.75, 3.05) is 24.7 Å². The van der Waals surface area contributed by atoms with Crippen molar-refractivity contribution in [1.82, 2.24) is 14.9 Å². The summed E-state index contributed by atoms with van der Waals surface area (Å²) in [6, 6.07) is 26.4. The minimum atomic E-state index is -0.155. The monoisotopic (exact) mass is 555 g/mol. The van der Waals surface area contributed by atoms with Crippen molar-refractivity contribution < 1.29 is 4.79 Å². The molecule has 0 saturated heterocycles. The predicted octanol–water partition coefficient (Wildman–Crippen LogP) is 7.97. The Bertz CT molecular complexity index is 1670. The Kier molecular flexibility index (Phi) is 7.79. The van der Waals surface area contributed by atoms with Gasteiger partial charge in [-0.1, -0.05) is 59.6 Å². The molecule has 39 heavy (non-hydrogen) atoms. The number of nitrogens with zero attached hydrogens (tertiary/aromatic N) is 3. The molecule has 0 aliphatic heterocycles. The summed E-state index contributed by atoms with van der Waals surface area (Å²) in [4.78, 5) is 24.6. The molecule has 1 amide bonds. The van der Waals surface area contributed by atoms with Crippen LogP contribution in [0.15, 0.2) is 84.9 Å². The molecule has 0 saturated carbocycles. The Balaban J connectivity index is 1.55. The quantitative estimate of drug-likeness (QED) is 0.213. The first-order valence-electron chi connectivity index (χ1n) is 12.4. The number of para-hydroxylation sites is 1. The van der Waals surface area contributed by atoms with E-state index in [2.05, 4.69) is 15.5 Å². The molecule has 0 aliphatic rings. The summed E-state index contributed by atoms with van der Waals surface area (Å²) in [5, 5.41) is 8.45. The number of carbonyl (C=O) groups excluding carboxylic acids is 1. The molecule has 0 aliphatic carbocycles. The first-order valence-corrected chi connectivity index (χ1v) is 13.2. The maximum absolute atomic E-state index is 12.8. The van der Waals surface area contributed by atoms with Crippen LogP contribution in [0, 0.1) is 6.92 Å². The number of hydrogen-bond donors (Lipinski definition) is 2. The smallest absolute Gasteiger partial charge is 0.255 e. The number of fused-ring (bicyclic) bond motifs is 1. The molecular formula is C31H27Cl2N5O. The highest BCUT2D eigenvalue weighted by Gasteiger charge is 2.16. The fourth-order valence-electron chi connectivity index (χ4n) is 4.40. The molecule has 5 rings (SSSR count). The largest absolute Gasteiger partial charge is 0.324 e. The lowest BCUT2D eigenvalue weighted by Crippen LogP contribution is -2.16. The van der Waals surface area contributed by atoms with E-state index in [0.717, 1.165) is 39.0 Å². The standard InChI is InChI=1S/C31H27Cl2N5O/c1-19-15-28(21(18-38(2)3)16-27(19)34-30(39)20-9-5-4-6-10-20)36-31-35-26-12-8-7-11-24(26)29(37-31)23-14-13-22(32)17-25(23)33/h4-17H,18H2,1-3H3,(H,34,39)(H,35,36,37). The van der Waals surface area contributed by atoms with E-state index in [9.17, 15) is 4.79 Å². The third-order valence-corrected chi connectivity index (χ3v) is 6.80. The summed E-state index contributed by atoms with van der Waals surface area (Å²) in [7, 11) is 4.00. The SMILES string of the molecule is Cc1cc(Nc2nc(-c3ccc(Cl)cc3Cl)c3ccccc3n2)c(CN(C)C)cc1NC(=O)c1ccccc1. The molecule has 196 valence electrons. The lowest BCUT2D eigenvalue weighted by molar-refractivity contribution is 0.102. The first kappa shape index (κ1) is 26.6. The van der Waals surface area contributed by atoms with E-state index in [-0.39, 0.29) is 5.91 Å². The van der Waals surface area contributed by atoms with Crippen LogP contribution in [0.2, 0.25) is 10.0 Å². The molecular weight excluding hydrogens is 529 g/mol. The Morgan fingerprint density at radius 1 is 0.872 bits per heavy atom. The summed E-state index contributed by atoms with van der Waals surface area (Å²) in [6.07, 6.45) is 0. The highest BCUT2D eigenvalue weighted by molar-refractivity contribution is 6.36.